The van der Waals surface area contributed by atoms with Crippen LogP contribution in [0.2, 0.25) is 0 Å². The quantitative estimate of drug-likeness (QED) is 0.704. The van der Waals surface area contributed by atoms with Gasteiger partial charge >= 0.3 is 6.09 Å². The summed E-state index contributed by atoms with van der Waals surface area (Å²) >= 11 is 0. The number of halogens is 2. The fourth-order valence-electron chi connectivity index (χ4n) is 3.05. The Labute approximate surface area is 163 Å². The minimum atomic E-state index is -2.65. The summed E-state index contributed by atoms with van der Waals surface area (Å²) in [4.78, 5) is 19.2. The van der Waals surface area contributed by atoms with Crippen molar-refractivity contribution >= 4 is 6.09 Å². The number of aromatic nitrogens is 2. The van der Waals surface area contributed by atoms with Gasteiger partial charge in [0, 0.05) is 11.8 Å². The Morgan fingerprint density at radius 3 is 2.57 bits per heavy atom. The van der Waals surface area contributed by atoms with Gasteiger partial charge in [0.05, 0.1) is 11.9 Å². The van der Waals surface area contributed by atoms with Crippen LogP contribution in [0.4, 0.5) is 13.6 Å². The van der Waals surface area contributed by atoms with Gasteiger partial charge in [-0.05, 0) is 49.9 Å². The van der Waals surface area contributed by atoms with E-state index in [1.165, 1.54) is 18.5 Å². The van der Waals surface area contributed by atoms with Crippen LogP contribution in [0.15, 0.2) is 30.6 Å². The predicted molar refractivity (Wildman–Crippen MR) is 101 cm³/mol. The number of rotatable bonds is 8. The summed E-state index contributed by atoms with van der Waals surface area (Å²) in [6.45, 7) is 7.71. The van der Waals surface area contributed by atoms with Crippen LogP contribution in [-0.2, 0) is 4.74 Å². The third-order valence-electron chi connectivity index (χ3n) is 4.08. The highest BCUT2D eigenvalue weighted by Gasteiger charge is 2.30. The van der Waals surface area contributed by atoms with Crippen molar-refractivity contribution < 1.29 is 23.0 Å². The van der Waals surface area contributed by atoms with E-state index in [1.807, 2.05) is 20.8 Å². The maximum Gasteiger partial charge on any atom is 0.405 e. The fourth-order valence-corrected chi connectivity index (χ4v) is 3.05. The average molecular weight is 393 g/mol. The molecule has 8 heteroatoms. The van der Waals surface area contributed by atoms with E-state index < -0.39 is 18.1 Å². The number of hydrogen-bond acceptors (Lipinski definition) is 5. The van der Waals surface area contributed by atoms with Crippen LogP contribution in [0.3, 0.4) is 0 Å². The van der Waals surface area contributed by atoms with Crippen LogP contribution in [0.5, 0.6) is 5.75 Å². The molecule has 0 spiro atoms. The lowest BCUT2D eigenvalue weighted by molar-refractivity contribution is -0.0188. The summed E-state index contributed by atoms with van der Waals surface area (Å²) in [5, 5.41) is 0. The van der Waals surface area contributed by atoms with Gasteiger partial charge in [0.25, 0.3) is 6.43 Å². The van der Waals surface area contributed by atoms with E-state index in [-0.39, 0.29) is 18.2 Å². The Kier molecular flexibility index (Phi) is 6.88. The van der Waals surface area contributed by atoms with Crippen molar-refractivity contribution in [3.63, 3.8) is 0 Å². The number of ether oxygens (including phenoxy) is 2. The Bertz CT molecular complexity index is 830. The highest BCUT2D eigenvalue weighted by atomic mass is 19.3. The van der Waals surface area contributed by atoms with Gasteiger partial charge in [-0.1, -0.05) is 13.8 Å². The monoisotopic (exact) mass is 393 g/mol. The first-order valence-electron chi connectivity index (χ1n) is 8.92. The lowest BCUT2D eigenvalue weighted by atomic mass is 9.95. The number of pyridine rings is 2. The van der Waals surface area contributed by atoms with E-state index >= 15 is 0 Å². The van der Waals surface area contributed by atoms with Crippen molar-refractivity contribution in [1.82, 2.24) is 9.97 Å². The molecule has 0 radical (unpaired) electrons. The molecule has 2 aromatic rings. The Balaban J connectivity index is 2.18. The van der Waals surface area contributed by atoms with Crippen molar-refractivity contribution in [2.45, 2.75) is 46.1 Å². The second kappa shape index (κ2) is 8.95. The van der Waals surface area contributed by atoms with Crippen molar-refractivity contribution in [2.75, 3.05) is 6.61 Å². The molecule has 0 bridgehead atoms. The molecule has 2 N–H and O–H groups in total. The molecular weight excluding hydrogens is 368 g/mol. The smallest absolute Gasteiger partial charge is 0.405 e. The number of amides is 1. The summed E-state index contributed by atoms with van der Waals surface area (Å²) in [7, 11) is 0. The molecule has 0 saturated carbocycles. The number of alkyl halides is 2. The van der Waals surface area contributed by atoms with E-state index in [1.54, 1.807) is 19.1 Å². The first kappa shape index (κ1) is 21.5. The van der Waals surface area contributed by atoms with Gasteiger partial charge in [-0.2, -0.15) is 0 Å². The highest BCUT2D eigenvalue weighted by Crippen LogP contribution is 2.28. The maximum absolute atomic E-state index is 12.9. The molecule has 2 heterocycles. The SMILES string of the molecule is Cc1cc(-c2ccnc(C(F)F)c2)ncc1OC[C@](C)(CC(C)C)OC(N)=O. The molecule has 6 nitrogen and oxygen atoms in total. The largest absolute Gasteiger partial charge is 0.488 e. The standard InChI is InChI=1S/C20H25F2N3O3/c1-12(2)9-20(4,28-19(23)26)11-27-17-10-25-15(7-13(17)3)14-5-6-24-16(8-14)18(21)22/h5-8,10,12,18H,9,11H2,1-4H3,(H2,23,26)/t20-/m0/s1. The molecule has 0 aromatic carbocycles. The number of hydrogen-bond donors (Lipinski definition) is 1. The zero-order valence-corrected chi connectivity index (χ0v) is 16.4. The van der Waals surface area contributed by atoms with E-state index in [0.717, 1.165) is 5.56 Å². The Morgan fingerprint density at radius 1 is 1.29 bits per heavy atom. The molecule has 0 aliphatic heterocycles. The summed E-state index contributed by atoms with van der Waals surface area (Å²) in [6, 6.07) is 4.68. The molecule has 0 aliphatic rings. The zero-order chi connectivity index (χ0) is 20.9. The summed E-state index contributed by atoms with van der Waals surface area (Å²) in [6.07, 6.45) is -0.0743. The average Bonchev–Trinajstić information content (AvgIpc) is 2.59. The molecule has 0 aliphatic carbocycles. The lowest BCUT2D eigenvalue weighted by Crippen LogP contribution is -2.41. The normalized spacial score (nSPS) is 13.4. The molecule has 152 valence electrons. The van der Waals surface area contributed by atoms with E-state index in [4.69, 9.17) is 15.2 Å². The van der Waals surface area contributed by atoms with Crippen molar-refractivity contribution in [2.24, 2.45) is 11.7 Å². The molecule has 2 rings (SSSR count). The van der Waals surface area contributed by atoms with Crippen LogP contribution in [0, 0.1) is 12.8 Å². The predicted octanol–water partition coefficient (Wildman–Crippen LogP) is 4.67. The van der Waals surface area contributed by atoms with Gasteiger partial charge in [-0.15, -0.1) is 0 Å². The molecule has 0 unspecified atom stereocenters. The molecule has 2 aromatic heterocycles. The molecular formula is C20H25F2N3O3. The summed E-state index contributed by atoms with van der Waals surface area (Å²) in [5.41, 5.74) is 5.86. The van der Waals surface area contributed by atoms with Gasteiger partial charge < -0.3 is 15.2 Å². The lowest BCUT2D eigenvalue weighted by Gasteiger charge is -2.30. The van der Waals surface area contributed by atoms with Crippen molar-refractivity contribution in [1.29, 1.82) is 0 Å². The molecule has 1 atom stereocenters. The second-order valence-electron chi connectivity index (χ2n) is 7.36. The van der Waals surface area contributed by atoms with Gasteiger partial charge in [0.1, 0.15) is 23.7 Å². The van der Waals surface area contributed by atoms with Crippen LogP contribution in [-0.4, -0.2) is 28.3 Å². The van der Waals surface area contributed by atoms with Crippen molar-refractivity contribution in [3.8, 4) is 17.0 Å². The second-order valence-corrected chi connectivity index (χ2v) is 7.36. The van der Waals surface area contributed by atoms with Gasteiger partial charge in [0.15, 0.2) is 0 Å². The summed E-state index contributed by atoms with van der Waals surface area (Å²) in [5.74, 6) is 0.778. The van der Waals surface area contributed by atoms with E-state index in [9.17, 15) is 13.6 Å². The van der Waals surface area contributed by atoms with Crippen LogP contribution >= 0.6 is 0 Å². The number of nitrogens with two attached hydrogens (primary N) is 1. The number of aryl methyl sites for hydroxylation is 1. The fraction of sp³-hybridized carbons (Fsp3) is 0.450. The van der Waals surface area contributed by atoms with Gasteiger partial charge in [0.2, 0.25) is 0 Å². The van der Waals surface area contributed by atoms with Crippen molar-refractivity contribution in [3.05, 3.63) is 41.9 Å². The van der Waals surface area contributed by atoms with E-state index in [0.29, 0.717) is 23.4 Å². The zero-order valence-electron chi connectivity index (χ0n) is 16.4. The highest BCUT2D eigenvalue weighted by molar-refractivity contribution is 5.65. The molecule has 28 heavy (non-hydrogen) atoms. The third kappa shape index (κ3) is 5.87. The summed E-state index contributed by atoms with van der Waals surface area (Å²) < 4.78 is 36.8. The Hall–Kier alpha value is -2.77. The first-order chi connectivity index (χ1) is 13.1. The third-order valence-corrected chi connectivity index (χ3v) is 4.08. The van der Waals surface area contributed by atoms with Gasteiger partial charge in [-0.3, -0.25) is 9.97 Å². The number of carbonyl (C=O) groups excluding carboxylic acids is 1. The molecule has 0 fully saturated rings. The van der Waals surface area contributed by atoms with Crippen LogP contribution in [0.1, 0.15) is 44.9 Å². The minimum absolute atomic E-state index is 0.112. The van der Waals surface area contributed by atoms with Crippen LogP contribution < -0.4 is 10.5 Å². The number of primary amides is 1. The van der Waals surface area contributed by atoms with E-state index in [2.05, 4.69) is 9.97 Å². The number of carbonyl (C=O) groups is 1. The Morgan fingerprint density at radius 2 is 2.00 bits per heavy atom. The van der Waals surface area contributed by atoms with Crippen LogP contribution in [0.25, 0.3) is 11.3 Å². The molecule has 1 amide bonds. The number of nitrogens with zero attached hydrogens (tertiary/aromatic N) is 2. The first-order valence-corrected chi connectivity index (χ1v) is 8.92. The van der Waals surface area contributed by atoms with Gasteiger partial charge in [-0.25, -0.2) is 13.6 Å². The topological polar surface area (TPSA) is 87.3 Å². The minimum Gasteiger partial charge on any atom is -0.488 e. The maximum atomic E-state index is 12.9. The molecule has 0 saturated heterocycles.